The molecule has 1 aliphatic rings. The van der Waals surface area contributed by atoms with Crippen molar-refractivity contribution in [3.63, 3.8) is 0 Å². The van der Waals surface area contributed by atoms with E-state index in [1.165, 1.54) is 0 Å². The van der Waals surface area contributed by atoms with Crippen LogP contribution in [-0.4, -0.2) is 17.8 Å². The Hall–Kier alpha value is -2.17. The van der Waals surface area contributed by atoms with Gasteiger partial charge in [0.2, 0.25) is 0 Å². The van der Waals surface area contributed by atoms with Crippen LogP contribution in [0.25, 0.3) is 0 Å². The number of hydrogen-bond donors (Lipinski definition) is 1. The highest BCUT2D eigenvalue weighted by atomic mass is 16.5. The number of ether oxygens (including phenoxy) is 1. The molecule has 2 amide bonds. The quantitative estimate of drug-likeness (QED) is 0.650. The predicted molar refractivity (Wildman–Crippen MR) is 63.0 cm³/mol. The summed E-state index contributed by atoms with van der Waals surface area (Å²) >= 11 is 0. The van der Waals surface area contributed by atoms with Crippen molar-refractivity contribution in [2.75, 3.05) is 0 Å². The lowest BCUT2D eigenvalue weighted by molar-refractivity contribution is -0.148. The highest BCUT2D eigenvalue weighted by Gasteiger charge is 2.31. The first kappa shape index (κ1) is 12.3. The van der Waals surface area contributed by atoms with E-state index >= 15 is 0 Å². The fourth-order valence-electron chi connectivity index (χ4n) is 1.93. The van der Waals surface area contributed by atoms with E-state index in [0.29, 0.717) is 16.7 Å². The molecule has 0 saturated heterocycles. The minimum Gasteiger partial charge on any atom is -0.458 e. The molecule has 0 aromatic heterocycles. The number of imide groups is 1. The third kappa shape index (κ3) is 1.99. The largest absolute Gasteiger partial charge is 0.458 e. The molecule has 0 radical (unpaired) electrons. The number of benzene rings is 1. The standard InChI is InChI=1S/C13H13NO4/c1-3-10(15)18-7(2)8-5-4-6-9-11(8)13(17)14-12(9)16/h4-7H,3H2,1-2H3,(H,14,16,17). The summed E-state index contributed by atoms with van der Waals surface area (Å²) in [5.74, 6) is -1.19. The minimum absolute atomic E-state index is 0.268. The Bertz CT molecular complexity index is 536. The van der Waals surface area contributed by atoms with Crippen molar-refractivity contribution >= 4 is 17.8 Å². The average Bonchev–Trinajstić information content (AvgIpc) is 2.65. The molecule has 18 heavy (non-hydrogen) atoms. The second-order valence-electron chi connectivity index (χ2n) is 4.04. The number of rotatable bonds is 3. The third-order valence-corrected chi connectivity index (χ3v) is 2.83. The maximum Gasteiger partial charge on any atom is 0.306 e. The summed E-state index contributed by atoms with van der Waals surface area (Å²) < 4.78 is 5.16. The lowest BCUT2D eigenvalue weighted by Crippen LogP contribution is -2.20. The van der Waals surface area contributed by atoms with Crippen LogP contribution in [0.5, 0.6) is 0 Å². The molecule has 1 aromatic rings. The molecule has 1 heterocycles. The van der Waals surface area contributed by atoms with Gasteiger partial charge in [-0.25, -0.2) is 0 Å². The summed E-state index contributed by atoms with van der Waals surface area (Å²) in [6.07, 6.45) is -0.283. The molecule has 0 fully saturated rings. The zero-order chi connectivity index (χ0) is 13.3. The van der Waals surface area contributed by atoms with E-state index in [1.54, 1.807) is 32.0 Å². The number of fused-ring (bicyclic) bond motifs is 1. The fourth-order valence-corrected chi connectivity index (χ4v) is 1.93. The van der Waals surface area contributed by atoms with Gasteiger partial charge in [0, 0.05) is 12.0 Å². The van der Waals surface area contributed by atoms with Crippen molar-refractivity contribution in [3.05, 3.63) is 34.9 Å². The number of nitrogens with one attached hydrogen (secondary N) is 1. The Labute approximate surface area is 104 Å². The van der Waals surface area contributed by atoms with Crippen molar-refractivity contribution in [3.8, 4) is 0 Å². The second kappa shape index (κ2) is 4.60. The number of amides is 2. The molecule has 1 aromatic carbocycles. The van der Waals surface area contributed by atoms with Crippen LogP contribution in [-0.2, 0) is 9.53 Å². The van der Waals surface area contributed by atoms with E-state index in [2.05, 4.69) is 5.32 Å². The van der Waals surface area contributed by atoms with Crippen molar-refractivity contribution in [2.24, 2.45) is 0 Å². The van der Waals surface area contributed by atoms with Crippen LogP contribution in [0.3, 0.4) is 0 Å². The second-order valence-corrected chi connectivity index (χ2v) is 4.04. The van der Waals surface area contributed by atoms with Crippen LogP contribution in [0.4, 0.5) is 0 Å². The highest BCUT2D eigenvalue weighted by Crippen LogP contribution is 2.27. The number of carbonyl (C=O) groups is 3. The molecule has 5 heteroatoms. The van der Waals surface area contributed by atoms with Crippen LogP contribution in [0.15, 0.2) is 18.2 Å². The molecule has 0 saturated carbocycles. The first-order chi connectivity index (χ1) is 8.54. The summed E-state index contributed by atoms with van der Waals surface area (Å²) in [7, 11) is 0. The molecular formula is C13H13NO4. The first-order valence-corrected chi connectivity index (χ1v) is 5.72. The minimum atomic E-state index is -0.552. The van der Waals surface area contributed by atoms with Gasteiger partial charge in [0.25, 0.3) is 11.8 Å². The molecule has 1 aliphatic heterocycles. The van der Waals surface area contributed by atoms with Crippen molar-refractivity contribution in [1.29, 1.82) is 0 Å². The summed E-state index contributed by atoms with van der Waals surface area (Å²) in [5.41, 5.74) is 1.19. The van der Waals surface area contributed by atoms with Crippen LogP contribution in [0, 0.1) is 0 Å². The molecular weight excluding hydrogens is 234 g/mol. The lowest BCUT2D eigenvalue weighted by atomic mass is 9.99. The van der Waals surface area contributed by atoms with Crippen molar-refractivity contribution in [2.45, 2.75) is 26.4 Å². The zero-order valence-corrected chi connectivity index (χ0v) is 10.1. The number of hydrogen-bond acceptors (Lipinski definition) is 4. The van der Waals surface area contributed by atoms with Gasteiger partial charge < -0.3 is 4.74 Å². The van der Waals surface area contributed by atoms with Crippen molar-refractivity contribution in [1.82, 2.24) is 5.32 Å². The molecule has 1 N–H and O–H groups in total. The Morgan fingerprint density at radius 1 is 1.33 bits per heavy atom. The molecule has 5 nitrogen and oxygen atoms in total. The fraction of sp³-hybridized carbons (Fsp3) is 0.308. The smallest absolute Gasteiger partial charge is 0.306 e. The number of carbonyl (C=O) groups excluding carboxylic acids is 3. The van der Waals surface area contributed by atoms with E-state index in [0.717, 1.165) is 0 Å². The highest BCUT2D eigenvalue weighted by molar-refractivity contribution is 6.22. The summed E-state index contributed by atoms with van der Waals surface area (Å²) in [4.78, 5) is 34.4. The Morgan fingerprint density at radius 3 is 2.72 bits per heavy atom. The van der Waals surface area contributed by atoms with Gasteiger partial charge in [-0.1, -0.05) is 19.1 Å². The van der Waals surface area contributed by atoms with Gasteiger partial charge in [-0.3, -0.25) is 19.7 Å². The first-order valence-electron chi connectivity index (χ1n) is 5.72. The van der Waals surface area contributed by atoms with E-state index in [1.807, 2.05) is 0 Å². The van der Waals surface area contributed by atoms with Crippen LogP contribution < -0.4 is 5.32 Å². The van der Waals surface area contributed by atoms with Crippen LogP contribution >= 0.6 is 0 Å². The Morgan fingerprint density at radius 2 is 2.06 bits per heavy atom. The monoisotopic (exact) mass is 247 g/mol. The molecule has 1 unspecified atom stereocenters. The SMILES string of the molecule is CCC(=O)OC(C)c1cccc2c1C(=O)NC2=O. The van der Waals surface area contributed by atoms with E-state index in [-0.39, 0.29) is 12.4 Å². The maximum atomic E-state index is 11.7. The van der Waals surface area contributed by atoms with E-state index in [9.17, 15) is 14.4 Å². The van der Waals surface area contributed by atoms with E-state index in [4.69, 9.17) is 4.74 Å². The Balaban J connectivity index is 2.38. The molecule has 0 bridgehead atoms. The van der Waals surface area contributed by atoms with Crippen molar-refractivity contribution < 1.29 is 19.1 Å². The normalized spacial score (nSPS) is 15.0. The van der Waals surface area contributed by atoms with Gasteiger partial charge in [0.1, 0.15) is 6.10 Å². The van der Waals surface area contributed by atoms with Gasteiger partial charge >= 0.3 is 5.97 Å². The number of esters is 1. The summed E-state index contributed by atoms with van der Waals surface area (Å²) in [6, 6.07) is 4.93. The lowest BCUT2D eigenvalue weighted by Gasteiger charge is -2.15. The molecule has 1 atom stereocenters. The van der Waals surface area contributed by atoms with Gasteiger partial charge in [-0.05, 0) is 13.0 Å². The van der Waals surface area contributed by atoms with E-state index < -0.39 is 17.9 Å². The maximum absolute atomic E-state index is 11.7. The van der Waals surface area contributed by atoms with Gasteiger partial charge in [0.05, 0.1) is 11.1 Å². The van der Waals surface area contributed by atoms with Gasteiger partial charge in [0.15, 0.2) is 0 Å². The summed E-state index contributed by atoms with van der Waals surface area (Å²) in [5, 5.41) is 2.23. The van der Waals surface area contributed by atoms with Gasteiger partial charge in [-0.15, -0.1) is 0 Å². The molecule has 0 aliphatic carbocycles. The predicted octanol–water partition coefficient (Wildman–Crippen LogP) is 1.58. The molecule has 94 valence electrons. The average molecular weight is 247 g/mol. The van der Waals surface area contributed by atoms with Crippen LogP contribution in [0.1, 0.15) is 52.7 Å². The zero-order valence-electron chi connectivity index (χ0n) is 10.1. The van der Waals surface area contributed by atoms with Crippen LogP contribution in [0.2, 0.25) is 0 Å². The molecule has 2 rings (SSSR count). The summed E-state index contributed by atoms with van der Waals surface area (Å²) in [6.45, 7) is 3.37. The topological polar surface area (TPSA) is 72.5 Å². The van der Waals surface area contributed by atoms with Gasteiger partial charge in [-0.2, -0.15) is 0 Å². The molecule has 0 spiro atoms. The third-order valence-electron chi connectivity index (χ3n) is 2.83. The Kier molecular flexibility index (Phi) is 3.14.